The predicted octanol–water partition coefficient (Wildman–Crippen LogP) is 3.69. The zero-order chi connectivity index (χ0) is 14.1. The summed E-state index contributed by atoms with van der Waals surface area (Å²) in [6.07, 6.45) is 5.77. The monoisotopic (exact) mass is 269 g/mol. The number of hydrogen-bond donors (Lipinski definition) is 2. The van der Waals surface area contributed by atoms with Crippen LogP contribution in [0.1, 0.15) is 53.9 Å². The van der Waals surface area contributed by atoms with Crippen molar-refractivity contribution in [3.8, 4) is 5.75 Å². The molecule has 1 fully saturated rings. The topological polar surface area (TPSA) is 63.3 Å². The van der Waals surface area contributed by atoms with Crippen molar-refractivity contribution < 1.29 is 9.90 Å². The smallest absolute Gasteiger partial charge is 0.253 e. The Bertz CT molecular complexity index is 657. The SMILES string of the molecule is NC(=O)c1c(O)c(C2CCCCC2)cc2ccccc12. The molecule has 0 unspecified atom stereocenters. The number of carbonyl (C=O) groups is 1. The van der Waals surface area contributed by atoms with Crippen molar-refractivity contribution in [2.24, 2.45) is 5.73 Å². The zero-order valence-electron chi connectivity index (χ0n) is 11.4. The molecule has 20 heavy (non-hydrogen) atoms. The summed E-state index contributed by atoms with van der Waals surface area (Å²) in [5.74, 6) is -0.133. The van der Waals surface area contributed by atoms with Gasteiger partial charge in [-0.2, -0.15) is 0 Å². The summed E-state index contributed by atoms with van der Waals surface area (Å²) >= 11 is 0. The first-order valence-electron chi connectivity index (χ1n) is 7.23. The van der Waals surface area contributed by atoms with Crippen LogP contribution >= 0.6 is 0 Å². The summed E-state index contributed by atoms with van der Waals surface area (Å²) in [4.78, 5) is 11.7. The highest BCUT2D eigenvalue weighted by Gasteiger charge is 2.23. The van der Waals surface area contributed by atoms with Gasteiger partial charge in [0.1, 0.15) is 5.75 Å². The first kappa shape index (κ1) is 13.0. The third-order valence-electron chi connectivity index (χ3n) is 4.34. The number of phenols is 1. The molecule has 0 radical (unpaired) electrons. The Labute approximate surface area is 118 Å². The third kappa shape index (κ3) is 2.13. The minimum Gasteiger partial charge on any atom is -0.507 e. The van der Waals surface area contributed by atoms with Gasteiger partial charge in [-0.25, -0.2) is 0 Å². The van der Waals surface area contributed by atoms with Gasteiger partial charge in [-0.1, -0.05) is 43.5 Å². The molecule has 2 aromatic carbocycles. The first-order valence-corrected chi connectivity index (χ1v) is 7.23. The molecule has 2 aromatic rings. The summed E-state index contributed by atoms with van der Waals surface area (Å²) in [5, 5.41) is 12.2. The summed E-state index contributed by atoms with van der Waals surface area (Å²) in [6.45, 7) is 0. The highest BCUT2D eigenvalue weighted by atomic mass is 16.3. The van der Waals surface area contributed by atoms with E-state index >= 15 is 0 Å². The molecule has 0 aliphatic heterocycles. The van der Waals surface area contributed by atoms with Crippen molar-refractivity contribution in [3.05, 3.63) is 41.5 Å². The van der Waals surface area contributed by atoms with E-state index in [0.717, 1.165) is 29.2 Å². The first-order chi connectivity index (χ1) is 9.68. The number of primary amides is 1. The predicted molar refractivity (Wildman–Crippen MR) is 80.0 cm³/mol. The largest absolute Gasteiger partial charge is 0.507 e. The maximum absolute atomic E-state index is 11.7. The van der Waals surface area contributed by atoms with Crippen molar-refractivity contribution in [3.63, 3.8) is 0 Å². The molecule has 0 aromatic heterocycles. The Hall–Kier alpha value is -2.03. The molecule has 0 spiro atoms. The Morgan fingerprint density at radius 2 is 1.85 bits per heavy atom. The Balaban J connectivity index is 2.22. The highest BCUT2D eigenvalue weighted by molar-refractivity contribution is 6.09. The van der Waals surface area contributed by atoms with Crippen molar-refractivity contribution in [1.82, 2.24) is 0 Å². The van der Waals surface area contributed by atoms with Crippen LogP contribution in [0.5, 0.6) is 5.75 Å². The molecule has 3 rings (SSSR count). The van der Waals surface area contributed by atoms with E-state index in [4.69, 9.17) is 5.73 Å². The highest BCUT2D eigenvalue weighted by Crippen LogP contribution is 2.41. The van der Waals surface area contributed by atoms with Gasteiger partial charge >= 0.3 is 0 Å². The van der Waals surface area contributed by atoms with E-state index in [1.807, 2.05) is 30.3 Å². The molecule has 1 amide bonds. The molecule has 1 saturated carbocycles. The average Bonchev–Trinajstić information content (AvgIpc) is 2.47. The standard InChI is InChI=1S/C17H19NO2/c18-17(20)15-13-9-5-4-8-12(13)10-14(16(15)19)11-6-2-1-3-7-11/h4-5,8-11,19H,1-3,6-7H2,(H2,18,20). The number of nitrogens with two attached hydrogens (primary N) is 1. The molecule has 0 saturated heterocycles. The van der Waals surface area contributed by atoms with Gasteiger partial charge in [0, 0.05) is 0 Å². The van der Waals surface area contributed by atoms with Crippen LogP contribution in [0, 0.1) is 0 Å². The van der Waals surface area contributed by atoms with E-state index in [1.165, 1.54) is 19.3 Å². The van der Waals surface area contributed by atoms with Crippen molar-refractivity contribution >= 4 is 16.7 Å². The molecule has 0 heterocycles. The number of fused-ring (bicyclic) bond motifs is 1. The number of aromatic hydroxyl groups is 1. The van der Waals surface area contributed by atoms with Crippen LogP contribution in [0.2, 0.25) is 0 Å². The third-order valence-corrected chi connectivity index (χ3v) is 4.34. The number of rotatable bonds is 2. The van der Waals surface area contributed by atoms with Crippen LogP contribution in [-0.4, -0.2) is 11.0 Å². The lowest BCUT2D eigenvalue weighted by molar-refractivity contribution is 0.0999. The summed E-state index contributed by atoms with van der Waals surface area (Å²) in [7, 11) is 0. The molecular formula is C17H19NO2. The molecule has 3 N–H and O–H groups in total. The second-order valence-electron chi connectivity index (χ2n) is 5.61. The molecule has 104 valence electrons. The second kappa shape index (κ2) is 5.16. The van der Waals surface area contributed by atoms with Gasteiger partial charge < -0.3 is 10.8 Å². The molecule has 3 nitrogen and oxygen atoms in total. The van der Waals surface area contributed by atoms with Crippen LogP contribution in [0.25, 0.3) is 10.8 Å². The fourth-order valence-corrected chi connectivity index (χ4v) is 3.33. The van der Waals surface area contributed by atoms with Gasteiger partial charge in [0.2, 0.25) is 0 Å². The van der Waals surface area contributed by atoms with Crippen LogP contribution < -0.4 is 5.73 Å². The number of hydrogen-bond acceptors (Lipinski definition) is 2. The van der Waals surface area contributed by atoms with Gasteiger partial charge in [0.05, 0.1) is 5.56 Å². The van der Waals surface area contributed by atoms with Crippen molar-refractivity contribution in [2.75, 3.05) is 0 Å². The van der Waals surface area contributed by atoms with Crippen LogP contribution in [-0.2, 0) is 0 Å². The van der Waals surface area contributed by atoms with Crippen LogP contribution in [0.15, 0.2) is 30.3 Å². The Morgan fingerprint density at radius 1 is 1.15 bits per heavy atom. The van der Waals surface area contributed by atoms with E-state index < -0.39 is 5.91 Å². The number of amides is 1. The van der Waals surface area contributed by atoms with Crippen molar-refractivity contribution in [1.29, 1.82) is 0 Å². The summed E-state index contributed by atoms with van der Waals surface area (Å²) in [5.41, 5.74) is 6.63. The fraction of sp³-hybridized carbons (Fsp3) is 0.353. The maximum atomic E-state index is 11.7. The molecule has 3 heteroatoms. The van der Waals surface area contributed by atoms with E-state index in [0.29, 0.717) is 5.92 Å². The van der Waals surface area contributed by atoms with Gasteiger partial charge in [-0.15, -0.1) is 0 Å². The minimum absolute atomic E-state index is 0.0862. The van der Waals surface area contributed by atoms with E-state index in [9.17, 15) is 9.90 Å². The van der Waals surface area contributed by atoms with Gasteiger partial charge in [-0.3, -0.25) is 4.79 Å². The lowest BCUT2D eigenvalue weighted by Crippen LogP contribution is -2.14. The van der Waals surface area contributed by atoms with Gasteiger partial charge in [-0.05, 0) is 41.2 Å². The van der Waals surface area contributed by atoms with Gasteiger partial charge in [0.15, 0.2) is 0 Å². The second-order valence-corrected chi connectivity index (χ2v) is 5.61. The number of carbonyl (C=O) groups excluding carboxylic acids is 1. The zero-order valence-corrected chi connectivity index (χ0v) is 11.4. The summed E-state index contributed by atoms with van der Waals surface area (Å²) in [6, 6.07) is 9.61. The Morgan fingerprint density at radius 3 is 2.55 bits per heavy atom. The lowest BCUT2D eigenvalue weighted by atomic mass is 9.82. The Kier molecular flexibility index (Phi) is 3.35. The normalized spacial score (nSPS) is 16.4. The van der Waals surface area contributed by atoms with Crippen LogP contribution in [0.4, 0.5) is 0 Å². The molecule has 1 aliphatic carbocycles. The van der Waals surface area contributed by atoms with Gasteiger partial charge in [0.25, 0.3) is 5.91 Å². The van der Waals surface area contributed by atoms with E-state index in [2.05, 4.69) is 0 Å². The van der Waals surface area contributed by atoms with E-state index in [1.54, 1.807) is 0 Å². The average molecular weight is 269 g/mol. The van der Waals surface area contributed by atoms with Crippen molar-refractivity contribution in [2.45, 2.75) is 38.0 Å². The summed E-state index contributed by atoms with van der Waals surface area (Å²) < 4.78 is 0. The molecule has 1 aliphatic rings. The number of benzene rings is 2. The molecule has 0 bridgehead atoms. The fourth-order valence-electron chi connectivity index (χ4n) is 3.33. The lowest BCUT2D eigenvalue weighted by Gasteiger charge is -2.24. The van der Waals surface area contributed by atoms with Crippen LogP contribution in [0.3, 0.4) is 0 Å². The maximum Gasteiger partial charge on any atom is 0.253 e. The molecular weight excluding hydrogens is 250 g/mol. The quantitative estimate of drug-likeness (QED) is 0.873. The minimum atomic E-state index is -0.559. The van der Waals surface area contributed by atoms with E-state index in [-0.39, 0.29) is 11.3 Å². The molecule has 0 atom stereocenters.